The molecule has 4 rings (SSSR count). The summed E-state index contributed by atoms with van der Waals surface area (Å²) in [5.74, 6) is 1.36. The molecular weight excluding hydrogens is 404 g/mol. The zero-order valence-electron chi connectivity index (χ0n) is 19.3. The van der Waals surface area contributed by atoms with Gasteiger partial charge in [-0.2, -0.15) is 0 Å². The molecule has 6 heteroatoms. The van der Waals surface area contributed by atoms with E-state index in [1.165, 1.54) is 69.8 Å². The zero-order valence-corrected chi connectivity index (χ0v) is 19.3. The van der Waals surface area contributed by atoms with Crippen LogP contribution in [0.1, 0.15) is 62.8 Å². The highest BCUT2D eigenvalue weighted by Gasteiger charge is 2.26. The third-order valence-corrected chi connectivity index (χ3v) is 7.55. The Morgan fingerprint density at radius 2 is 1.94 bits per heavy atom. The second-order valence-electron chi connectivity index (χ2n) is 9.62. The number of furan rings is 1. The number of para-hydroxylation sites is 1. The number of aliphatic hydroxyl groups is 1. The van der Waals surface area contributed by atoms with Crippen molar-refractivity contribution in [1.29, 1.82) is 0 Å². The second-order valence-corrected chi connectivity index (χ2v) is 9.62. The molecule has 0 bridgehead atoms. The number of carbonyl (C=O) groups is 1. The number of hydrogen-bond acceptors (Lipinski definition) is 5. The Bertz CT molecular complexity index is 846. The lowest BCUT2D eigenvalue weighted by Gasteiger charge is -2.34. The Morgan fingerprint density at radius 3 is 2.66 bits per heavy atom. The number of likely N-dealkylation sites (tertiary alicyclic amines) is 1. The number of amides is 1. The maximum Gasteiger partial charge on any atom is 0.222 e. The van der Waals surface area contributed by atoms with E-state index in [1.54, 1.807) is 0 Å². The predicted molar refractivity (Wildman–Crippen MR) is 126 cm³/mol. The van der Waals surface area contributed by atoms with Gasteiger partial charge in [0.25, 0.3) is 0 Å². The SMILES string of the molecule is COC(CO)CC(=O)NC1CCC(CCN2CCC(c3coc4ccccc34)CC2)CC1. The number of nitrogens with one attached hydrogen (secondary N) is 1. The van der Waals surface area contributed by atoms with Crippen molar-refractivity contribution in [2.45, 2.75) is 69.4 Å². The first kappa shape index (κ1) is 23.3. The second kappa shape index (κ2) is 11.3. The van der Waals surface area contributed by atoms with Crippen molar-refractivity contribution >= 4 is 16.9 Å². The minimum atomic E-state index is -0.400. The highest BCUT2D eigenvalue weighted by Crippen LogP contribution is 2.35. The average molecular weight is 443 g/mol. The van der Waals surface area contributed by atoms with E-state index in [4.69, 9.17) is 9.15 Å². The van der Waals surface area contributed by atoms with Gasteiger partial charge < -0.3 is 24.5 Å². The van der Waals surface area contributed by atoms with Crippen LogP contribution in [0.5, 0.6) is 0 Å². The summed E-state index contributed by atoms with van der Waals surface area (Å²) in [7, 11) is 1.53. The molecule has 1 atom stereocenters. The van der Waals surface area contributed by atoms with Crippen molar-refractivity contribution < 1.29 is 19.1 Å². The Balaban J connectivity index is 1.14. The van der Waals surface area contributed by atoms with Crippen LogP contribution in [0, 0.1) is 5.92 Å². The molecule has 1 saturated carbocycles. The third-order valence-electron chi connectivity index (χ3n) is 7.55. The highest BCUT2D eigenvalue weighted by atomic mass is 16.5. The number of nitrogens with zero attached hydrogens (tertiary/aromatic N) is 1. The number of ether oxygens (including phenoxy) is 1. The number of hydrogen-bond donors (Lipinski definition) is 2. The summed E-state index contributed by atoms with van der Waals surface area (Å²) < 4.78 is 10.9. The fourth-order valence-electron chi connectivity index (χ4n) is 5.46. The molecule has 0 spiro atoms. The summed E-state index contributed by atoms with van der Waals surface area (Å²) in [4.78, 5) is 14.8. The molecule has 2 N–H and O–H groups in total. The summed E-state index contributed by atoms with van der Waals surface area (Å²) in [6.07, 6.45) is 9.98. The molecule has 1 aliphatic carbocycles. The number of methoxy groups -OCH3 is 1. The number of aliphatic hydroxyl groups excluding tert-OH is 1. The number of benzene rings is 1. The minimum Gasteiger partial charge on any atom is -0.464 e. The van der Waals surface area contributed by atoms with Gasteiger partial charge in [0.15, 0.2) is 0 Å². The van der Waals surface area contributed by atoms with Crippen LogP contribution in [0.15, 0.2) is 34.9 Å². The van der Waals surface area contributed by atoms with Gasteiger partial charge in [0.1, 0.15) is 5.58 Å². The van der Waals surface area contributed by atoms with E-state index in [2.05, 4.69) is 28.4 Å². The summed E-state index contributed by atoms with van der Waals surface area (Å²) in [5, 5.41) is 13.6. The van der Waals surface area contributed by atoms with Gasteiger partial charge >= 0.3 is 0 Å². The normalized spacial score (nSPS) is 23.9. The van der Waals surface area contributed by atoms with Crippen LogP contribution in [0.2, 0.25) is 0 Å². The summed E-state index contributed by atoms with van der Waals surface area (Å²) >= 11 is 0. The maximum absolute atomic E-state index is 12.1. The molecule has 1 aliphatic heterocycles. The fourth-order valence-corrected chi connectivity index (χ4v) is 5.46. The van der Waals surface area contributed by atoms with Gasteiger partial charge in [0.2, 0.25) is 5.91 Å². The Labute approximate surface area is 191 Å². The van der Waals surface area contributed by atoms with E-state index in [9.17, 15) is 9.90 Å². The standard InChI is InChI=1S/C26H38N2O4/c1-31-22(17-29)16-26(30)27-21-8-6-19(7-9-21)10-13-28-14-11-20(12-15-28)24-18-32-25-5-3-2-4-23(24)25/h2-5,18-22,29H,6-17H2,1H3,(H,27,30). The first-order valence-electron chi connectivity index (χ1n) is 12.3. The summed E-state index contributed by atoms with van der Waals surface area (Å²) in [6.45, 7) is 3.40. The molecule has 176 valence electrons. The zero-order chi connectivity index (χ0) is 22.3. The highest BCUT2D eigenvalue weighted by molar-refractivity contribution is 5.81. The number of piperidine rings is 1. The molecule has 2 aliphatic rings. The first-order valence-corrected chi connectivity index (χ1v) is 12.3. The monoisotopic (exact) mass is 442 g/mol. The molecule has 2 fully saturated rings. The quantitative estimate of drug-likeness (QED) is 0.612. The van der Waals surface area contributed by atoms with Gasteiger partial charge in [-0.15, -0.1) is 0 Å². The van der Waals surface area contributed by atoms with E-state index in [1.807, 2.05) is 12.3 Å². The van der Waals surface area contributed by atoms with Gasteiger partial charge in [0.05, 0.1) is 25.4 Å². The molecule has 1 aromatic carbocycles. The van der Waals surface area contributed by atoms with E-state index in [0.29, 0.717) is 5.92 Å². The van der Waals surface area contributed by atoms with Crippen molar-refractivity contribution in [1.82, 2.24) is 10.2 Å². The van der Waals surface area contributed by atoms with Crippen molar-refractivity contribution in [3.63, 3.8) is 0 Å². The van der Waals surface area contributed by atoms with Gasteiger partial charge in [-0.1, -0.05) is 18.2 Å². The molecule has 32 heavy (non-hydrogen) atoms. The average Bonchev–Trinajstić information content (AvgIpc) is 3.26. The largest absolute Gasteiger partial charge is 0.464 e. The molecule has 2 aromatic rings. The van der Waals surface area contributed by atoms with E-state index in [-0.39, 0.29) is 25.0 Å². The van der Waals surface area contributed by atoms with Gasteiger partial charge in [-0.05, 0) is 82.5 Å². The van der Waals surface area contributed by atoms with Crippen LogP contribution in [0.4, 0.5) is 0 Å². The van der Waals surface area contributed by atoms with Crippen molar-refractivity contribution in [3.05, 3.63) is 36.1 Å². The Morgan fingerprint density at radius 1 is 1.19 bits per heavy atom. The van der Waals surface area contributed by atoms with Crippen LogP contribution >= 0.6 is 0 Å². The summed E-state index contributed by atoms with van der Waals surface area (Å²) in [5.41, 5.74) is 2.39. The molecule has 0 radical (unpaired) electrons. The van der Waals surface area contributed by atoms with Crippen LogP contribution in [0.25, 0.3) is 11.0 Å². The van der Waals surface area contributed by atoms with Crippen LogP contribution in [-0.2, 0) is 9.53 Å². The van der Waals surface area contributed by atoms with Gasteiger partial charge in [-0.3, -0.25) is 4.79 Å². The lowest BCUT2D eigenvalue weighted by atomic mass is 9.83. The van der Waals surface area contributed by atoms with Gasteiger partial charge in [0, 0.05) is 24.1 Å². The van der Waals surface area contributed by atoms with Crippen molar-refractivity contribution in [2.24, 2.45) is 5.92 Å². The molecule has 1 aromatic heterocycles. The Hall–Kier alpha value is -1.89. The molecular formula is C26H38N2O4. The van der Waals surface area contributed by atoms with E-state index in [0.717, 1.165) is 24.3 Å². The van der Waals surface area contributed by atoms with Crippen molar-refractivity contribution in [2.75, 3.05) is 33.4 Å². The lowest BCUT2D eigenvalue weighted by Crippen LogP contribution is -2.40. The third kappa shape index (κ3) is 5.91. The molecule has 2 heterocycles. The van der Waals surface area contributed by atoms with Crippen LogP contribution in [-0.4, -0.2) is 61.4 Å². The fraction of sp³-hybridized carbons (Fsp3) is 0.654. The molecule has 1 saturated heterocycles. The van der Waals surface area contributed by atoms with E-state index < -0.39 is 6.10 Å². The lowest BCUT2D eigenvalue weighted by molar-refractivity contribution is -0.125. The molecule has 1 amide bonds. The van der Waals surface area contributed by atoms with Crippen LogP contribution in [0.3, 0.4) is 0 Å². The molecule has 6 nitrogen and oxygen atoms in total. The predicted octanol–water partition coefficient (Wildman–Crippen LogP) is 4.07. The number of carbonyl (C=O) groups excluding carboxylic acids is 1. The smallest absolute Gasteiger partial charge is 0.222 e. The van der Waals surface area contributed by atoms with Gasteiger partial charge in [-0.25, -0.2) is 0 Å². The number of rotatable bonds is 9. The molecule has 1 unspecified atom stereocenters. The van der Waals surface area contributed by atoms with Crippen LogP contribution < -0.4 is 5.32 Å². The summed E-state index contributed by atoms with van der Waals surface area (Å²) in [6, 6.07) is 8.65. The maximum atomic E-state index is 12.1. The first-order chi connectivity index (χ1) is 15.7. The number of fused-ring (bicyclic) bond motifs is 1. The minimum absolute atomic E-state index is 0.0115. The Kier molecular flexibility index (Phi) is 8.22. The topological polar surface area (TPSA) is 74.9 Å². The van der Waals surface area contributed by atoms with E-state index >= 15 is 0 Å². The van der Waals surface area contributed by atoms with Crippen molar-refractivity contribution in [3.8, 4) is 0 Å².